The number of nitrogen functional groups attached to an aromatic ring is 2. The summed E-state index contributed by atoms with van der Waals surface area (Å²) in [4.78, 5) is 26.5. The number of nitrogens with one attached hydrogen (secondary N) is 1. The molecule has 220 valence electrons. The summed E-state index contributed by atoms with van der Waals surface area (Å²) in [6.07, 6.45) is -1.69. The Morgan fingerprint density at radius 1 is 1.34 bits per heavy atom. The monoisotopic (exact) mass is 613 g/mol. The van der Waals surface area contributed by atoms with E-state index in [2.05, 4.69) is 47.6 Å². The molecule has 21 heteroatoms. The quantitative estimate of drug-likeness (QED) is 0.104. The molecule has 2 fully saturated rings. The number of aromatic amines is 1. The first-order valence-electron chi connectivity index (χ1n) is 12.3. The molecule has 0 saturated carbocycles. The number of nitrogens with zero attached hydrogens (tertiary/aromatic N) is 8. The Hall–Kier alpha value is -3.26. The average molecular weight is 614 g/mol. The van der Waals surface area contributed by atoms with Crippen molar-refractivity contribution in [3.8, 4) is 0 Å². The Bertz CT molecular complexity index is 1720. The number of hydrogen-bond acceptors (Lipinski definition) is 15. The summed E-state index contributed by atoms with van der Waals surface area (Å²) in [6, 6.07) is 0. The predicted octanol–water partition coefficient (Wildman–Crippen LogP) is -0.865. The molecule has 6 heterocycles. The van der Waals surface area contributed by atoms with Crippen LogP contribution in [-0.2, 0) is 18.6 Å². The SMILES string of the molecule is Nc1nc2c(nnn2[C@@H]2OC[C@](F)(CCO)[C@H]2P(=O)(S)OC[C@H]2O[C@@H](c3cnn4c(N)ncnc34)C[C@@H]2O)c(=O)[nH]1. The van der Waals surface area contributed by atoms with Gasteiger partial charge in [0.15, 0.2) is 28.7 Å². The van der Waals surface area contributed by atoms with Gasteiger partial charge in [-0.25, -0.2) is 14.4 Å². The zero-order chi connectivity index (χ0) is 29.1. The van der Waals surface area contributed by atoms with E-state index >= 15 is 4.39 Å². The summed E-state index contributed by atoms with van der Waals surface area (Å²) in [5.74, 6) is -0.140. The summed E-state index contributed by atoms with van der Waals surface area (Å²) >= 11 is 4.23. The molecule has 0 aromatic carbocycles. The largest absolute Gasteiger partial charge is 0.396 e. The Morgan fingerprint density at radius 2 is 2.15 bits per heavy atom. The lowest BCUT2D eigenvalue weighted by atomic mass is 10.00. The predicted molar refractivity (Wildman–Crippen MR) is 141 cm³/mol. The molecule has 0 aliphatic carbocycles. The molecule has 4 aromatic rings. The van der Waals surface area contributed by atoms with Crippen molar-refractivity contribution in [1.29, 1.82) is 0 Å². The van der Waals surface area contributed by atoms with E-state index in [9.17, 15) is 19.6 Å². The minimum Gasteiger partial charge on any atom is -0.396 e. The van der Waals surface area contributed by atoms with Crippen LogP contribution in [-0.4, -0.2) is 98.1 Å². The second-order valence-corrected chi connectivity index (χ2v) is 13.3. The molecular formula is C20H25FN11O7PS. The van der Waals surface area contributed by atoms with E-state index in [1.54, 1.807) is 0 Å². The Kier molecular flexibility index (Phi) is 6.96. The molecule has 4 aromatic heterocycles. The van der Waals surface area contributed by atoms with E-state index in [4.69, 9.17) is 25.5 Å². The van der Waals surface area contributed by atoms with Crippen LogP contribution in [0.1, 0.15) is 30.7 Å². The van der Waals surface area contributed by atoms with E-state index in [1.165, 1.54) is 17.0 Å². The molecule has 7 atom stereocenters. The lowest BCUT2D eigenvalue weighted by Gasteiger charge is -2.32. The summed E-state index contributed by atoms with van der Waals surface area (Å²) in [5.41, 5.74) is 7.36. The number of fused-ring (bicyclic) bond motifs is 2. The molecule has 0 bridgehead atoms. The zero-order valence-electron chi connectivity index (χ0n) is 21.0. The van der Waals surface area contributed by atoms with Crippen molar-refractivity contribution in [3.05, 3.63) is 28.4 Å². The smallest absolute Gasteiger partial charge is 0.282 e. The summed E-state index contributed by atoms with van der Waals surface area (Å²) in [7, 11) is 0. The highest BCUT2D eigenvalue weighted by molar-refractivity contribution is 8.46. The van der Waals surface area contributed by atoms with Crippen molar-refractivity contribution in [2.45, 2.75) is 48.7 Å². The molecule has 0 radical (unpaired) electrons. The minimum absolute atomic E-state index is 0.115. The van der Waals surface area contributed by atoms with Crippen LogP contribution in [0, 0.1) is 0 Å². The van der Waals surface area contributed by atoms with Crippen molar-refractivity contribution in [1.82, 2.24) is 44.5 Å². The summed E-state index contributed by atoms with van der Waals surface area (Å²) < 4.78 is 49.7. The van der Waals surface area contributed by atoms with Gasteiger partial charge in [-0.15, -0.1) is 5.10 Å². The number of anilines is 2. The maximum atomic E-state index is 16.2. The van der Waals surface area contributed by atoms with E-state index in [-0.39, 0.29) is 29.5 Å². The molecular weight excluding hydrogens is 588 g/mol. The van der Waals surface area contributed by atoms with E-state index in [0.717, 1.165) is 4.68 Å². The number of ether oxygens (including phenoxy) is 2. The lowest BCUT2D eigenvalue weighted by Crippen LogP contribution is -2.40. The first kappa shape index (κ1) is 27.9. The molecule has 7 N–H and O–H groups in total. The highest BCUT2D eigenvalue weighted by Crippen LogP contribution is 2.66. The van der Waals surface area contributed by atoms with Crippen molar-refractivity contribution in [2.75, 3.05) is 31.3 Å². The van der Waals surface area contributed by atoms with Gasteiger partial charge in [0.05, 0.1) is 31.6 Å². The standard InChI is InChI=1S/C20H25FN11O7PS/c21-20(1-2-33)6-37-17(31-15-12(29-30-31)16(35)28-18(22)27-15)13(20)40(36,41)38-5-11-9(34)3-10(39-11)8-4-26-32-14(8)24-7-25-19(32)23/h4,7,9-11,13,17,33-34H,1-3,5-6H2,(H,36,41)(H2,23,24,25)(H3,22,27,28,35)/t9-,10+,11+,13-,17+,20+,40?/m0/s1. The highest BCUT2D eigenvalue weighted by Gasteiger charge is 2.60. The van der Waals surface area contributed by atoms with Crippen molar-refractivity contribution >= 4 is 47.5 Å². The molecule has 18 nitrogen and oxygen atoms in total. The van der Waals surface area contributed by atoms with Crippen molar-refractivity contribution in [3.63, 3.8) is 0 Å². The number of aliphatic hydroxyl groups excluding tert-OH is 2. The Balaban J connectivity index is 1.25. The van der Waals surface area contributed by atoms with Gasteiger partial charge in [-0.3, -0.25) is 14.3 Å². The fraction of sp³-hybridized carbons (Fsp3) is 0.550. The fourth-order valence-electron chi connectivity index (χ4n) is 5.16. The number of thiol groups is 1. The van der Waals surface area contributed by atoms with Crippen LogP contribution in [0.5, 0.6) is 0 Å². The zero-order valence-corrected chi connectivity index (χ0v) is 22.8. The van der Waals surface area contributed by atoms with Gasteiger partial charge in [-0.05, 0) is 0 Å². The molecule has 1 unspecified atom stereocenters. The molecule has 6 rings (SSSR count). The van der Waals surface area contributed by atoms with Crippen molar-refractivity contribution < 1.29 is 33.2 Å². The average Bonchev–Trinajstić information content (AvgIpc) is 3.67. The topological polar surface area (TPSA) is 257 Å². The third kappa shape index (κ3) is 4.74. The first-order valence-corrected chi connectivity index (χ1v) is 15.1. The molecule has 41 heavy (non-hydrogen) atoms. The Morgan fingerprint density at radius 3 is 2.93 bits per heavy atom. The van der Waals surface area contributed by atoms with Crippen LogP contribution >= 0.6 is 18.8 Å². The number of aromatic nitrogens is 9. The number of H-pyrrole nitrogens is 1. The Labute approximate surface area is 233 Å². The third-order valence-corrected chi connectivity index (χ3v) is 10.2. The van der Waals surface area contributed by atoms with Gasteiger partial charge in [0, 0.05) is 25.0 Å². The highest BCUT2D eigenvalue weighted by atomic mass is 32.7. The second-order valence-electron chi connectivity index (χ2n) is 9.71. The lowest BCUT2D eigenvalue weighted by molar-refractivity contribution is -0.0163. The van der Waals surface area contributed by atoms with Crippen LogP contribution in [0.2, 0.25) is 0 Å². The minimum atomic E-state index is -4.29. The fourth-order valence-corrected chi connectivity index (χ4v) is 8.17. The van der Waals surface area contributed by atoms with Crippen LogP contribution < -0.4 is 17.0 Å². The van der Waals surface area contributed by atoms with Crippen LogP contribution in [0.25, 0.3) is 16.8 Å². The molecule has 2 saturated heterocycles. The van der Waals surface area contributed by atoms with Crippen LogP contribution in [0.15, 0.2) is 17.3 Å². The van der Waals surface area contributed by atoms with Gasteiger partial charge in [0.1, 0.15) is 18.1 Å². The first-order chi connectivity index (χ1) is 19.5. The number of halogens is 1. The van der Waals surface area contributed by atoms with Gasteiger partial charge in [-0.2, -0.15) is 19.3 Å². The number of nitrogens with two attached hydrogens (primary N) is 2. The van der Waals surface area contributed by atoms with Crippen LogP contribution in [0.4, 0.5) is 16.3 Å². The normalized spacial score (nSPS) is 29.9. The number of rotatable bonds is 8. The number of hydrogen-bond donors (Lipinski definition) is 6. The molecule has 0 spiro atoms. The molecule has 2 aliphatic heterocycles. The van der Waals surface area contributed by atoms with Gasteiger partial charge >= 0.3 is 0 Å². The van der Waals surface area contributed by atoms with Crippen LogP contribution in [0.3, 0.4) is 0 Å². The maximum absolute atomic E-state index is 16.2. The van der Waals surface area contributed by atoms with E-state index in [0.29, 0.717) is 11.2 Å². The number of aliphatic hydroxyl groups is 2. The maximum Gasteiger partial charge on any atom is 0.282 e. The number of alkyl halides is 1. The van der Waals surface area contributed by atoms with Gasteiger partial charge < -0.3 is 35.7 Å². The summed E-state index contributed by atoms with van der Waals surface area (Å²) in [6.45, 7) is -5.92. The van der Waals surface area contributed by atoms with Gasteiger partial charge in [0.2, 0.25) is 11.9 Å². The van der Waals surface area contributed by atoms with E-state index in [1.807, 2.05) is 0 Å². The van der Waals surface area contributed by atoms with Gasteiger partial charge in [0.25, 0.3) is 12.1 Å². The van der Waals surface area contributed by atoms with Gasteiger partial charge in [-0.1, -0.05) is 17.5 Å². The second kappa shape index (κ2) is 10.2. The summed E-state index contributed by atoms with van der Waals surface area (Å²) in [5, 5.41) is 32.0. The molecule has 2 aliphatic rings. The van der Waals surface area contributed by atoms with Crippen molar-refractivity contribution in [2.24, 2.45) is 0 Å². The third-order valence-electron chi connectivity index (χ3n) is 7.12. The molecule has 0 amide bonds. The van der Waals surface area contributed by atoms with E-state index < -0.39 is 74.2 Å².